The normalized spacial score (nSPS) is 17.2. The fourth-order valence-corrected chi connectivity index (χ4v) is 4.95. The molecular formula is C14H16ClFN4O2S2. The molecule has 0 amide bonds. The summed E-state index contributed by atoms with van der Waals surface area (Å²) in [7, 11) is -3.67. The summed E-state index contributed by atoms with van der Waals surface area (Å²) in [6, 6.07) is 3.46. The Morgan fingerprint density at radius 1 is 1.29 bits per heavy atom. The van der Waals surface area contributed by atoms with Crippen molar-refractivity contribution in [1.29, 1.82) is 0 Å². The second kappa shape index (κ2) is 6.93. The van der Waals surface area contributed by atoms with Gasteiger partial charge in [0.15, 0.2) is 5.13 Å². The molecule has 1 aliphatic rings. The van der Waals surface area contributed by atoms with Gasteiger partial charge in [0.2, 0.25) is 10.0 Å². The summed E-state index contributed by atoms with van der Waals surface area (Å²) in [6.45, 7) is 2.64. The Morgan fingerprint density at radius 3 is 2.58 bits per heavy atom. The maximum Gasteiger partial charge on any atom is 0.243 e. The van der Waals surface area contributed by atoms with Gasteiger partial charge < -0.3 is 5.73 Å². The standard InChI is InChI=1S/C14H16ClFN4O2S2/c15-12-7-11(1-2-13(12)16)24(21,22)20-5-3-19(4-6-20)9-10-8-18-14(17)23-10/h1-2,7-8H,3-6,9H2,(H2,17,18). The summed E-state index contributed by atoms with van der Waals surface area (Å²) in [5.41, 5.74) is 5.61. The zero-order valence-corrected chi connectivity index (χ0v) is 15.0. The van der Waals surface area contributed by atoms with Crippen LogP contribution in [0.1, 0.15) is 4.88 Å². The fraction of sp³-hybridized carbons (Fsp3) is 0.357. The van der Waals surface area contributed by atoms with Crippen LogP contribution in [0.15, 0.2) is 29.3 Å². The van der Waals surface area contributed by atoms with Gasteiger partial charge >= 0.3 is 0 Å². The number of aromatic nitrogens is 1. The van der Waals surface area contributed by atoms with E-state index in [4.69, 9.17) is 17.3 Å². The highest BCUT2D eigenvalue weighted by atomic mass is 35.5. The highest BCUT2D eigenvalue weighted by Gasteiger charge is 2.29. The van der Waals surface area contributed by atoms with Crippen LogP contribution < -0.4 is 5.73 Å². The van der Waals surface area contributed by atoms with Gasteiger partial charge in [-0.1, -0.05) is 11.6 Å². The minimum absolute atomic E-state index is 0.0116. The monoisotopic (exact) mass is 390 g/mol. The molecule has 1 saturated heterocycles. The molecular weight excluding hydrogens is 375 g/mol. The molecule has 0 saturated carbocycles. The van der Waals surface area contributed by atoms with Crippen molar-refractivity contribution in [1.82, 2.24) is 14.2 Å². The number of thiazole rings is 1. The third kappa shape index (κ3) is 3.70. The quantitative estimate of drug-likeness (QED) is 0.864. The number of nitrogens with zero attached hydrogens (tertiary/aromatic N) is 3. The van der Waals surface area contributed by atoms with E-state index in [0.717, 1.165) is 17.0 Å². The maximum absolute atomic E-state index is 13.2. The summed E-state index contributed by atoms with van der Waals surface area (Å²) < 4.78 is 39.9. The SMILES string of the molecule is Nc1ncc(CN2CCN(S(=O)(=O)c3ccc(F)c(Cl)c3)CC2)s1. The first-order valence-electron chi connectivity index (χ1n) is 7.24. The highest BCUT2D eigenvalue weighted by Crippen LogP contribution is 2.24. The molecule has 1 aromatic heterocycles. The molecule has 10 heteroatoms. The lowest BCUT2D eigenvalue weighted by Crippen LogP contribution is -2.48. The topological polar surface area (TPSA) is 79.5 Å². The largest absolute Gasteiger partial charge is 0.375 e. The average molecular weight is 391 g/mol. The smallest absolute Gasteiger partial charge is 0.243 e. The van der Waals surface area contributed by atoms with Gasteiger partial charge in [-0.05, 0) is 18.2 Å². The maximum atomic E-state index is 13.2. The summed E-state index contributed by atoms with van der Waals surface area (Å²) in [5, 5.41) is 0.330. The molecule has 0 radical (unpaired) electrons. The molecule has 1 aromatic carbocycles. The highest BCUT2D eigenvalue weighted by molar-refractivity contribution is 7.89. The lowest BCUT2D eigenvalue weighted by atomic mass is 10.3. The van der Waals surface area contributed by atoms with Gasteiger partial charge in [0.1, 0.15) is 5.82 Å². The van der Waals surface area contributed by atoms with Crippen molar-refractivity contribution in [2.45, 2.75) is 11.4 Å². The molecule has 3 rings (SSSR count). The lowest BCUT2D eigenvalue weighted by molar-refractivity contribution is 0.183. The van der Waals surface area contributed by atoms with Crippen LogP contribution in [0.2, 0.25) is 5.02 Å². The van der Waals surface area contributed by atoms with Crippen LogP contribution in [-0.4, -0.2) is 48.8 Å². The van der Waals surface area contributed by atoms with E-state index in [-0.39, 0.29) is 9.92 Å². The number of nitrogen functional groups attached to an aromatic ring is 1. The third-order valence-corrected chi connectivity index (χ3v) is 6.81. The van der Waals surface area contributed by atoms with E-state index < -0.39 is 15.8 Å². The van der Waals surface area contributed by atoms with Crippen LogP contribution >= 0.6 is 22.9 Å². The van der Waals surface area contributed by atoms with Crippen LogP contribution in [0.4, 0.5) is 9.52 Å². The summed E-state index contributed by atoms with van der Waals surface area (Å²) >= 11 is 7.12. The molecule has 2 heterocycles. The molecule has 2 aromatic rings. The van der Waals surface area contributed by atoms with Gasteiger partial charge in [-0.3, -0.25) is 4.90 Å². The van der Waals surface area contributed by atoms with E-state index in [1.165, 1.54) is 21.7 Å². The minimum Gasteiger partial charge on any atom is -0.375 e. The summed E-state index contributed by atoms with van der Waals surface area (Å²) in [4.78, 5) is 7.22. The number of nitrogens with two attached hydrogens (primary N) is 1. The number of rotatable bonds is 4. The van der Waals surface area contributed by atoms with Crippen molar-refractivity contribution in [3.63, 3.8) is 0 Å². The van der Waals surface area contributed by atoms with Crippen molar-refractivity contribution in [2.24, 2.45) is 0 Å². The minimum atomic E-state index is -3.67. The molecule has 2 N–H and O–H groups in total. The summed E-state index contributed by atoms with van der Waals surface area (Å²) in [5.74, 6) is -0.635. The zero-order valence-electron chi connectivity index (χ0n) is 12.7. The molecule has 0 aliphatic carbocycles. The Morgan fingerprint density at radius 2 is 2.00 bits per heavy atom. The van der Waals surface area contributed by atoms with Crippen molar-refractivity contribution >= 4 is 38.1 Å². The molecule has 24 heavy (non-hydrogen) atoms. The first-order chi connectivity index (χ1) is 11.4. The Bertz CT molecular complexity index is 835. The number of piperazine rings is 1. The second-order valence-electron chi connectivity index (χ2n) is 5.42. The van der Waals surface area contributed by atoms with Gasteiger partial charge in [0.25, 0.3) is 0 Å². The summed E-state index contributed by atoms with van der Waals surface area (Å²) in [6.07, 6.45) is 1.74. The first kappa shape index (κ1) is 17.6. The molecule has 130 valence electrons. The van der Waals surface area contributed by atoms with E-state index in [0.29, 0.717) is 37.9 Å². The molecule has 6 nitrogen and oxygen atoms in total. The molecule has 0 atom stereocenters. The van der Waals surface area contributed by atoms with Crippen LogP contribution in [0.5, 0.6) is 0 Å². The van der Waals surface area contributed by atoms with E-state index in [1.54, 1.807) is 6.20 Å². The zero-order chi connectivity index (χ0) is 17.3. The van der Waals surface area contributed by atoms with Crippen molar-refractivity contribution in [3.8, 4) is 0 Å². The number of sulfonamides is 1. The van der Waals surface area contributed by atoms with E-state index in [2.05, 4.69) is 9.88 Å². The van der Waals surface area contributed by atoms with Gasteiger partial charge in [-0.2, -0.15) is 4.31 Å². The Balaban J connectivity index is 1.65. The van der Waals surface area contributed by atoms with Crippen molar-refractivity contribution in [2.75, 3.05) is 31.9 Å². The predicted molar refractivity (Wildman–Crippen MR) is 92.0 cm³/mol. The fourth-order valence-electron chi connectivity index (χ4n) is 2.53. The van der Waals surface area contributed by atoms with E-state index >= 15 is 0 Å². The van der Waals surface area contributed by atoms with Gasteiger partial charge in [0, 0.05) is 43.8 Å². The second-order valence-corrected chi connectivity index (χ2v) is 8.91. The average Bonchev–Trinajstić information content (AvgIpc) is 2.95. The van der Waals surface area contributed by atoms with Crippen LogP contribution in [0, 0.1) is 5.82 Å². The number of halogens is 2. The van der Waals surface area contributed by atoms with Crippen LogP contribution in [-0.2, 0) is 16.6 Å². The Labute approximate surface area is 148 Å². The molecule has 0 spiro atoms. The third-order valence-electron chi connectivity index (χ3n) is 3.81. The van der Waals surface area contributed by atoms with Crippen molar-refractivity contribution in [3.05, 3.63) is 40.1 Å². The molecule has 0 bridgehead atoms. The van der Waals surface area contributed by atoms with Gasteiger partial charge in [0.05, 0.1) is 9.92 Å². The predicted octanol–water partition coefficient (Wildman–Crippen LogP) is 2.02. The van der Waals surface area contributed by atoms with Crippen LogP contribution in [0.25, 0.3) is 0 Å². The Kier molecular flexibility index (Phi) is 5.07. The number of anilines is 1. The molecule has 1 fully saturated rings. The van der Waals surface area contributed by atoms with E-state index in [9.17, 15) is 12.8 Å². The molecule has 1 aliphatic heterocycles. The van der Waals surface area contributed by atoms with Gasteiger partial charge in [-0.25, -0.2) is 17.8 Å². The number of benzene rings is 1. The van der Waals surface area contributed by atoms with Gasteiger partial charge in [-0.15, -0.1) is 11.3 Å². The first-order valence-corrected chi connectivity index (χ1v) is 9.87. The number of hydrogen-bond acceptors (Lipinski definition) is 6. The number of hydrogen-bond donors (Lipinski definition) is 1. The molecule has 0 unspecified atom stereocenters. The Hall–Kier alpha value is -1.26. The van der Waals surface area contributed by atoms with E-state index in [1.807, 2.05) is 0 Å². The lowest BCUT2D eigenvalue weighted by Gasteiger charge is -2.33. The van der Waals surface area contributed by atoms with Crippen molar-refractivity contribution < 1.29 is 12.8 Å². The van der Waals surface area contributed by atoms with Crippen LogP contribution in [0.3, 0.4) is 0 Å².